The van der Waals surface area contributed by atoms with Crippen LogP contribution in [0.15, 0.2) is 133 Å². The minimum Gasteiger partial charge on any atom is -0.518 e. The van der Waals surface area contributed by atoms with Crippen molar-refractivity contribution in [1.82, 2.24) is 0 Å². The minimum absolute atomic E-state index is 0.166. The molecule has 7 rings (SSSR count). The monoisotopic (exact) mass is 630 g/mol. The Labute approximate surface area is 271 Å². The number of hydrogen-bond acceptors (Lipinski definition) is 6. The second-order valence-electron chi connectivity index (χ2n) is 12.3. The van der Waals surface area contributed by atoms with E-state index in [9.17, 15) is 9.59 Å². The van der Waals surface area contributed by atoms with Crippen LogP contribution in [0.3, 0.4) is 0 Å². The molecule has 2 aliphatic carbocycles. The lowest BCUT2D eigenvalue weighted by Gasteiger charge is -2.46. The predicted molar refractivity (Wildman–Crippen MR) is 177 cm³/mol. The molecule has 0 radical (unpaired) electrons. The molecular formula is C39H38O6Si. The zero-order chi connectivity index (χ0) is 31.5. The van der Waals surface area contributed by atoms with Crippen LogP contribution in [0, 0.1) is 17.8 Å². The fourth-order valence-electron chi connectivity index (χ4n) is 7.54. The van der Waals surface area contributed by atoms with Crippen LogP contribution < -0.4 is 10.4 Å². The number of carbonyl (C=O) groups excluding carboxylic acids is 2. The third-order valence-electron chi connectivity index (χ3n) is 9.71. The number of carbonyl (C=O) groups is 2. The van der Waals surface area contributed by atoms with Crippen molar-refractivity contribution < 1.29 is 27.9 Å². The maximum atomic E-state index is 14.5. The second kappa shape index (κ2) is 13.1. The van der Waals surface area contributed by atoms with Crippen molar-refractivity contribution in [1.29, 1.82) is 0 Å². The van der Waals surface area contributed by atoms with E-state index in [0.29, 0.717) is 0 Å². The zero-order valence-electron chi connectivity index (χ0n) is 25.9. The molecule has 0 aromatic heterocycles. The fourth-order valence-corrected chi connectivity index (χ4v) is 10.9. The first kappa shape index (κ1) is 30.2. The molecule has 234 valence electrons. The van der Waals surface area contributed by atoms with Gasteiger partial charge in [0, 0.05) is 16.8 Å². The molecule has 0 spiro atoms. The summed E-state index contributed by atoms with van der Waals surface area (Å²) in [6, 6.07) is 40.0. The van der Waals surface area contributed by atoms with E-state index in [1.165, 1.54) is 7.11 Å². The summed E-state index contributed by atoms with van der Waals surface area (Å²) in [5.74, 6) is -1.61. The Morgan fingerprint density at radius 1 is 0.717 bits per heavy atom. The molecule has 4 aromatic carbocycles. The van der Waals surface area contributed by atoms with Gasteiger partial charge in [-0.1, -0.05) is 128 Å². The average molecular weight is 631 g/mol. The van der Waals surface area contributed by atoms with Crippen LogP contribution in [0.25, 0.3) is 0 Å². The standard InChI is InChI=1S/C39H38O6Si/c1-42-39(41)35-32-25-15-14-24-31(32)34-26-33(35)38(40)43-36(27-16-6-2-7-17-27)37(28-18-8-3-9-19-28)45-46(44-34,29-20-10-4-11-21-29)30-22-12-5-13-23-30/h2-13,16-23,32-33,35-37H,14-15,24-26H2,1H3/t32-,33+,35+,36+,37+/m0/s1. The summed E-state index contributed by atoms with van der Waals surface area (Å²) in [6.07, 6.45) is 2.27. The van der Waals surface area contributed by atoms with Gasteiger partial charge in [-0.25, -0.2) is 0 Å². The highest BCUT2D eigenvalue weighted by Gasteiger charge is 2.55. The Hall–Kier alpha value is -4.46. The lowest BCUT2D eigenvalue weighted by molar-refractivity contribution is -0.171. The van der Waals surface area contributed by atoms with Crippen molar-refractivity contribution in [3.8, 4) is 0 Å². The topological polar surface area (TPSA) is 71.1 Å². The Morgan fingerprint density at radius 3 is 1.83 bits per heavy atom. The summed E-state index contributed by atoms with van der Waals surface area (Å²) < 4.78 is 27.0. The molecular weight excluding hydrogens is 593 g/mol. The normalized spacial score (nSPS) is 25.8. The van der Waals surface area contributed by atoms with Gasteiger partial charge >= 0.3 is 20.5 Å². The van der Waals surface area contributed by atoms with Crippen molar-refractivity contribution in [2.75, 3.05) is 7.11 Å². The summed E-state index contributed by atoms with van der Waals surface area (Å²) >= 11 is 0. The van der Waals surface area contributed by atoms with E-state index < -0.39 is 38.6 Å². The lowest BCUT2D eigenvalue weighted by atomic mass is 9.66. The molecule has 2 fully saturated rings. The molecule has 5 atom stereocenters. The van der Waals surface area contributed by atoms with Gasteiger partial charge in [0.15, 0.2) is 6.10 Å². The quantitative estimate of drug-likeness (QED) is 0.184. The van der Waals surface area contributed by atoms with E-state index >= 15 is 0 Å². The van der Waals surface area contributed by atoms with Crippen LogP contribution in [0.2, 0.25) is 0 Å². The number of esters is 2. The molecule has 0 amide bonds. The van der Waals surface area contributed by atoms with Gasteiger partial charge in [-0.05, 0) is 41.9 Å². The van der Waals surface area contributed by atoms with E-state index in [0.717, 1.165) is 58.5 Å². The molecule has 1 aliphatic heterocycles. The molecule has 2 bridgehead atoms. The van der Waals surface area contributed by atoms with E-state index in [4.69, 9.17) is 18.3 Å². The van der Waals surface area contributed by atoms with Crippen molar-refractivity contribution >= 4 is 30.9 Å². The molecule has 0 unspecified atom stereocenters. The van der Waals surface area contributed by atoms with Crippen LogP contribution >= 0.6 is 0 Å². The van der Waals surface area contributed by atoms with E-state index in [1.807, 2.05) is 97.1 Å². The van der Waals surface area contributed by atoms with E-state index in [1.54, 1.807) is 0 Å². The van der Waals surface area contributed by atoms with Crippen molar-refractivity contribution in [3.05, 3.63) is 144 Å². The number of rotatable bonds is 5. The highest BCUT2D eigenvalue weighted by Crippen LogP contribution is 2.50. The first-order valence-corrected chi connectivity index (χ1v) is 18.0. The number of ether oxygens (including phenoxy) is 2. The van der Waals surface area contributed by atoms with Gasteiger partial charge < -0.3 is 18.3 Å². The Morgan fingerprint density at radius 2 is 1.26 bits per heavy atom. The van der Waals surface area contributed by atoms with E-state index in [2.05, 4.69) is 24.3 Å². The number of methoxy groups -OCH3 is 1. The molecule has 3 aliphatic rings. The minimum atomic E-state index is -3.59. The van der Waals surface area contributed by atoms with Crippen LogP contribution in [0.5, 0.6) is 0 Å². The molecule has 0 N–H and O–H groups in total. The number of hydrogen-bond donors (Lipinski definition) is 0. The van der Waals surface area contributed by atoms with Crippen LogP contribution in [-0.4, -0.2) is 27.6 Å². The molecule has 6 nitrogen and oxygen atoms in total. The van der Waals surface area contributed by atoms with Crippen LogP contribution in [0.1, 0.15) is 55.4 Å². The van der Waals surface area contributed by atoms with Crippen molar-refractivity contribution in [2.45, 2.75) is 44.3 Å². The zero-order valence-corrected chi connectivity index (χ0v) is 26.9. The third-order valence-corrected chi connectivity index (χ3v) is 13.0. The second-order valence-corrected chi connectivity index (χ2v) is 15.2. The summed E-state index contributed by atoms with van der Waals surface area (Å²) in [5.41, 5.74) is 2.77. The first-order valence-electron chi connectivity index (χ1n) is 16.2. The van der Waals surface area contributed by atoms with Crippen LogP contribution in [-0.2, 0) is 27.9 Å². The smallest absolute Gasteiger partial charge is 0.469 e. The Bertz CT molecular complexity index is 1650. The number of allylic oxidation sites excluding steroid dienone is 2. The Balaban J connectivity index is 1.52. The lowest BCUT2D eigenvalue weighted by Crippen LogP contribution is -2.64. The number of cyclic esters (lactones) is 1. The maximum Gasteiger partial charge on any atom is 0.469 e. The summed E-state index contributed by atoms with van der Waals surface area (Å²) in [6.45, 7) is 0. The summed E-state index contributed by atoms with van der Waals surface area (Å²) in [4.78, 5) is 28.0. The molecule has 4 aromatic rings. The Kier molecular flexibility index (Phi) is 8.60. The molecule has 46 heavy (non-hydrogen) atoms. The first-order chi connectivity index (χ1) is 22.6. The van der Waals surface area contributed by atoms with Crippen LogP contribution in [0.4, 0.5) is 0 Å². The fraction of sp³-hybridized carbons (Fsp3) is 0.282. The van der Waals surface area contributed by atoms with Gasteiger partial charge in [-0.15, -0.1) is 0 Å². The molecule has 1 saturated heterocycles. The third kappa shape index (κ3) is 5.58. The van der Waals surface area contributed by atoms with Gasteiger partial charge in [-0.3, -0.25) is 9.59 Å². The van der Waals surface area contributed by atoms with Gasteiger partial charge in [0.1, 0.15) is 6.10 Å². The highest BCUT2D eigenvalue weighted by atomic mass is 28.4. The molecule has 1 saturated carbocycles. The largest absolute Gasteiger partial charge is 0.518 e. The average Bonchev–Trinajstić information content (AvgIpc) is 3.13. The SMILES string of the molecule is COC(=O)[C@H]1[C@H]2CC(=C3CCCC[C@@H]31)O[Si](c1ccccc1)(c1ccccc1)O[C@H](c1ccccc1)[C@@H](c1ccccc1)OC2=O. The van der Waals surface area contributed by atoms with Gasteiger partial charge in [0.05, 0.1) is 24.7 Å². The van der Waals surface area contributed by atoms with Crippen molar-refractivity contribution in [3.63, 3.8) is 0 Å². The van der Waals surface area contributed by atoms with Gasteiger partial charge in [0.25, 0.3) is 0 Å². The maximum absolute atomic E-state index is 14.5. The van der Waals surface area contributed by atoms with Gasteiger partial charge in [0.2, 0.25) is 0 Å². The number of fused-ring (bicyclic) bond motifs is 3. The number of benzene rings is 4. The summed E-state index contributed by atoms with van der Waals surface area (Å²) in [5, 5.41) is 1.90. The van der Waals surface area contributed by atoms with Gasteiger partial charge in [-0.2, -0.15) is 0 Å². The predicted octanol–water partition coefficient (Wildman–Crippen LogP) is 6.57. The molecule has 7 heteroatoms. The van der Waals surface area contributed by atoms with E-state index in [-0.39, 0.29) is 18.3 Å². The molecule has 1 heterocycles. The highest BCUT2D eigenvalue weighted by molar-refractivity contribution is 6.92. The summed E-state index contributed by atoms with van der Waals surface area (Å²) in [7, 11) is -2.19. The van der Waals surface area contributed by atoms with Crippen molar-refractivity contribution in [2.24, 2.45) is 17.8 Å².